The maximum atomic E-state index is 13.3. The highest BCUT2D eigenvalue weighted by Crippen LogP contribution is 2.55. The average Bonchev–Trinajstić information content (AvgIpc) is 3.59. The van der Waals surface area contributed by atoms with Crippen LogP contribution in [0.1, 0.15) is 80.1 Å². The number of urea groups is 1. The molecule has 1 saturated heterocycles. The number of carbonyl (C=O) groups excluding carboxylic acids is 1. The summed E-state index contributed by atoms with van der Waals surface area (Å²) in [7, 11) is 0. The van der Waals surface area contributed by atoms with Crippen molar-refractivity contribution in [1.82, 2.24) is 15.6 Å². The van der Waals surface area contributed by atoms with Crippen LogP contribution < -0.4 is 10.6 Å². The molecule has 0 spiro atoms. The standard InChI is InChI=1S/C44H47N3O4S2/c1-27-38(26-52-43-46-37-8-4-5-9-39(37)53-43)50-41(51-40(27)33-12-10-28(25-48)11-13-33)34-16-14-32(15-17-34)36-7-3-2-6-35(36)24-45-42(49)47-44-21-29-18-30(22-44)20-31(19-29)23-44/h2-17,27,29-31,38,40-41,48H,18-26H2,1H3,(H2,45,47,49). The second kappa shape index (κ2) is 14.8. The van der Waals surface area contributed by atoms with E-state index in [-0.39, 0.29) is 36.3 Å². The SMILES string of the molecule is CC1C(CSc2nc3ccccc3s2)OC(c2ccc(-c3ccccc3CNC(=O)NC34CC5CC(CC(C5)C3)C4)cc2)OC1c1ccc(CO)cc1. The van der Waals surface area contributed by atoms with Crippen LogP contribution in [0.5, 0.6) is 0 Å². The molecular weight excluding hydrogens is 699 g/mol. The molecular formula is C44H47N3O4S2. The number of aliphatic hydroxyl groups is 1. The van der Waals surface area contributed by atoms with Gasteiger partial charge in [0, 0.05) is 29.3 Å². The first-order valence-corrected chi connectivity index (χ1v) is 20.9. The van der Waals surface area contributed by atoms with Crippen LogP contribution >= 0.6 is 23.1 Å². The molecule has 4 bridgehead atoms. The molecule has 3 N–H and O–H groups in total. The van der Waals surface area contributed by atoms with Crippen LogP contribution in [0.15, 0.2) is 101 Å². The Morgan fingerprint density at radius 2 is 1.55 bits per heavy atom. The minimum Gasteiger partial charge on any atom is -0.392 e. The van der Waals surface area contributed by atoms with E-state index in [2.05, 4.69) is 90.4 Å². The third-order valence-electron chi connectivity index (χ3n) is 12.1. The highest BCUT2D eigenvalue weighted by Gasteiger charge is 2.51. The molecule has 2 heterocycles. The second-order valence-corrected chi connectivity index (χ2v) is 18.2. The van der Waals surface area contributed by atoms with Crippen LogP contribution in [-0.2, 0) is 22.6 Å². The maximum absolute atomic E-state index is 13.3. The van der Waals surface area contributed by atoms with Crippen LogP contribution in [-0.4, -0.2) is 33.5 Å². The summed E-state index contributed by atoms with van der Waals surface area (Å²) in [4.78, 5) is 18.1. The zero-order valence-electron chi connectivity index (χ0n) is 30.1. The Morgan fingerprint density at radius 1 is 0.868 bits per heavy atom. The summed E-state index contributed by atoms with van der Waals surface area (Å²) < 4.78 is 15.7. The van der Waals surface area contributed by atoms with Crippen molar-refractivity contribution in [3.8, 4) is 11.1 Å². The molecule has 7 nitrogen and oxygen atoms in total. The van der Waals surface area contributed by atoms with Crippen molar-refractivity contribution in [3.63, 3.8) is 0 Å². The summed E-state index contributed by atoms with van der Waals surface area (Å²) in [5.41, 5.74) is 7.18. The lowest BCUT2D eigenvalue weighted by Gasteiger charge is -2.56. The predicted octanol–water partition coefficient (Wildman–Crippen LogP) is 9.81. The second-order valence-electron chi connectivity index (χ2n) is 15.9. The minimum atomic E-state index is -0.547. The van der Waals surface area contributed by atoms with Crippen LogP contribution in [0, 0.1) is 23.7 Å². The predicted molar refractivity (Wildman–Crippen MR) is 211 cm³/mol. The number of nitrogens with zero attached hydrogens (tertiary/aromatic N) is 1. The number of nitrogens with one attached hydrogen (secondary N) is 2. The monoisotopic (exact) mass is 745 g/mol. The van der Waals surface area contributed by atoms with E-state index < -0.39 is 6.29 Å². The third-order valence-corrected chi connectivity index (χ3v) is 14.4. The molecule has 5 aromatic rings. The fourth-order valence-corrected chi connectivity index (χ4v) is 12.1. The number of para-hydroxylation sites is 1. The van der Waals surface area contributed by atoms with Crippen molar-refractivity contribution in [2.24, 2.45) is 23.7 Å². The summed E-state index contributed by atoms with van der Waals surface area (Å²) >= 11 is 3.46. The molecule has 5 fully saturated rings. The smallest absolute Gasteiger partial charge is 0.315 e. The van der Waals surface area contributed by atoms with E-state index >= 15 is 0 Å². The Balaban J connectivity index is 0.900. The average molecular weight is 746 g/mol. The van der Waals surface area contributed by atoms with E-state index in [0.717, 1.165) is 86.0 Å². The first kappa shape index (κ1) is 35.0. The maximum Gasteiger partial charge on any atom is 0.315 e. The first-order chi connectivity index (χ1) is 25.9. The first-order valence-electron chi connectivity index (χ1n) is 19.1. The van der Waals surface area contributed by atoms with Crippen LogP contribution in [0.25, 0.3) is 21.3 Å². The Labute approximate surface area is 319 Å². The lowest BCUT2D eigenvalue weighted by Crippen LogP contribution is -2.61. The number of aliphatic hydroxyl groups excluding tert-OH is 1. The molecule has 0 radical (unpaired) electrons. The molecule has 4 aromatic carbocycles. The van der Waals surface area contributed by atoms with Crippen molar-refractivity contribution in [3.05, 3.63) is 119 Å². The number of hydrogen-bond donors (Lipinski definition) is 3. The summed E-state index contributed by atoms with van der Waals surface area (Å²) in [5.74, 6) is 3.21. The molecule has 1 aliphatic heterocycles. The third kappa shape index (κ3) is 7.39. The van der Waals surface area contributed by atoms with Gasteiger partial charge in [0.05, 0.1) is 29.0 Å². The number of ether oxygens (including phenoxy) is 2. The lowest BCUT2D eigenvalue weighted by molar-refractivity contribution is -0.268. The van der Waals surface area contributed by atoms with Gasteiger partial charge < -0.3 is 25.2 Å². The van der Waals surface area contributed by atoms with Gasteiger partial charge in [0.2, 0.25) is 0 Å². The van der Waals surface area contributed by atoms with Gasteiger partial charge in [-0.3, -0.25) is 0 Å². The molecule has 4 unspecified atom stereocenters. The largest absolute Gasteiger partial charge is 0.392 e. The van der Waals surface area contributed by atoms with Crippen molar-refractivity contribution in [2.45, 2.75) is 87.0 Å². The van der Waals surface area contributed by atoms with E-state index in [1.165, 1.54) is 24.0 Å². The van der Waals surface area contributed by atoms with Crippen molar-refractivity contribution in [1.29, 1.82) is 0 Å². The minimum absolute atomic E-state index is 0.00903. The summed E-state index contributed by atoms with van der Waals surface area (Å²) in [5, 5.41) is 16.3. The Hall–Kier alpha value is -3.73. The number of fused-ring (bicyclic) bond motifs is 1. The fraction of sp³-hybridized carbons (Fsp3) is 0.409. The molecule has 10 rings (SSSR count). The molecule has 1 aromatic heterocycles. The Bertz CT molecular complexity index is 2000. The van der Waals surface area contributed by atoms with Gasteiger partial charge in [-0.15, -0.1) is 11.3 Å². The van der Waals surface area contributed by atoms with Crippen molar-refractivity contribution >= 4 is 39.3 Å². The molecule has 4 atom stereocenters. The molecule has 5 aliphatic rings. The molecule has 4 aliphatic carbocycles. The number of hydrogen-bond acceptors (Lipinski definition) is 7. The topological polar surface area (TPSA) is 92.7 Å². The van der Waals surface area contributed by atoms with E-state index in [9.17, 15) is 9.90 Å². The van der Waals surface area contributed by atoms with Crippen LogP contribution in [0.4, 0.5) is 4.79 Å². The van der Waals surface area contributed by atoms with Gasteiger partial charge in [0.25, 0.3) is 0 Å². The van der Waals surface area contributed by atoms with E-state index in [0.29, 0.717) is 6.54 Å². The summed E-state index contributed by atoms with van der Waals surface area (Å²) in [6, 6.07) is 33.0. The van der Waals surface area contributed by atoms with E-state index in [4.69, 9.17) is 14.5 Å². The van der Waals surface area contributed by atoms with Crippen LogP contribution in [0.3, 0.4) is 0 Å². The van der Waals surface area contributed by atoms with Gasteiger partial charge in [0.15, 0.2) is 10.6 Å². The highest BCUT2D eigenvalue weighted by atomic mass is 32.2. The van der Waals surface area contributed by atoms with Crippen molar-refractivity contribution in [2.75, 3.05) is 5.75 Å². The number of carbonyl (C=O) groups is 1. The zero-order chi connectivity index (χ0) is 35.9. The van der Waals surface area contributed by atoms with Gasteiger partial charge in [0.1, 0.15) is 0 Å². The summed E-state index contributed by atoms with van der Waals surface area (Å²) in [6.07, 6.45) is 6.69. The normalized spacial score (nSPS) is 29.0. The highest BCUT2D eigenvalue weighted by molar-refractivity contribution is 8.01. The molecule has 53 heavy (non-hydrogen) atoms. The number of benzene rings is 4. The van der Waals surface area contributed by atoms with Gasteiger partial charge in [-0.1, -0.05) is 104 Å². The van der Waals surface area contributed by atoms with Gasteiger partial charge in [-0.05, 0) is 96.2 Å². The number of amides is 2. The number of aromatic nitrogens is 1. The quantitative estimate of drug-likeness (QED) is 0.123. The fourth-order valence-electron chi connectivity index (χ4n) is 9.88. The lowest BCUT2D eigenvalue weighted by atomic mass is 9.53. The Kier molecular flexibility index (Phi) is 9.80. The van der Waals surface area contributed by atoms with E-state index in [1.807, 2.05) is 24.3 Å². The van der Waals surface area contributed by atoms with Crippen molar-refractivity contribution < 1.29 is 19.4 Å². The number of rotatable bonds is 10. The number of thiazole rings is 1. The zero-order valence-corrected chi connectivity index (χ0v) is 31.7. The Morgan fingerprint density at radius 3 is 2.26 bits per heavy atom. The van der Waals surface area contributed by atoms with Crippen LogP contribution in [0.2, 0.25) is 0 Å². The van der Waals surface area contributed by atoms with E-state index in [1.54, 1.807) is 23.1 Å². The molecule has 4 saturated carbocycles. The molecule has 9 heteroatoms. The van der Waals surface area contributed by atoms with Gasteiger partial charge in [-0.2, -0.15) is 0 Å². The molecule has 274 valence electrons. The molecule has 2 amide bonds. The van der Waals surface area contributed by atoms with Gasteiger partial charge in [-0.25, -0.2) is 9.78 Å². The summed E-state index contributed by atoms with van der Waals surface area (Å²) in [6.45, 7) is 2.67. The van der Waals surface area contributed by atoms with Gasteiger partial charge >= 0.3 is 6.03 Å². The number of thioether (sulfide) groups is 1.